The number of rotatable bonds is 5. The average molecular weight is 333 g/mol. The van der Waals surface area contributed by atoms with Gasteiger partial charge in [-0.3, -0.25) is 4.79 Å². The summed E-state index contributed by atoms with van der Waals surface area (Å²) < 4.78 is 5.26. The van der Waals surface area contributed by atoms with Gasteiger partial charge in [-0.15, -0.1) is 0 Å². The first-order chi connectivity index (χ1) is 10.9. The fourth-order valence-corrected chi connectivity index (χ4v) is 2.54. The van der Waals surface area contributed by atoms with Crippen molar-refractivity contribution in [3.8, 4) is 5.75 Å². The molecule has 0 spiro atoms. The number of carbonyl (C=O) groups excluding carboxylic acids is 1. The van der Waals surface area contributed by atoms with Gasteiger partial charge in [0, 0.05) is 16.8 Å². The summed E-state index contributed by atoms with van der Waals surface area (Å²) in [6.45, 7) is 6.08. The van der Waals surface area contributed by atoms with Crippen molar-refractivity contribution in [2.24, 2.45) is 0 Å². The van der Waals surface area contributed by atoms with Gasteiger partial charge in [0.05, 0.1) is 19.3 Å². The highest BCUT2D eigenvalue weighted by Gasteiger charge is 2.11. The van der Waals surface area contributed by atoms with Crippen molar-refractivity contribution in [1.82, 2.24) is 0 Å². The van der Waals surface area contributed by atoms with Gasteiger partial charge in [0.2, 0.25) is 5.91 Å². The number of ether oxygens (including phenoxy) is 1. The molecular formula is C18H21ClN2O2. The van der Waals surface area contributed by atoms with E-state index in [9.17, 15) is 4.79 Å². The van der Waals surface area contributed by atoms with Crippen LogP contribution in [0.1, 0.15) is 16.7 Å². The fraction of sp³-hybridized carbons (Fsp3) is 0.278. The van der Waals surface area contributed by atoms with E-state index < -0.39 is 0 Å². The zero-order chi connectivity index (χ0) is 17.0. The third-order valence-corrected chi connectivity index (χ3v) is 4.07. The molecule has 0 saturated heterocycles. The van der Waals surface area contributed by atoms with Crippen LogP contribution in [0, 0.1) is 20.8 Å². The first-order valence-electron chi connectivity index (χ1n) is 7.36. The summed E-state index contributed by atoms with van der Waals surface area (Å²) >= 11 is 6.07. The van der Waals surface area contributed by atoms with Crippen molar-refractivity contribution in [3.05, 3.63) is 52.0 Å². The van der Waals surface area contributed by atoms with Gasteiger partial charge in [-0.05, 0) is 43.5 Å². The van der Waals surface area contributed by atoms with Gasteiger partial charge in [-0.1, -0.05) is 29.8 Å². The minimum atomic E-state index is -0.146. The number of para-hydroxylation sites is 1. The van der Waals surface area contributed by atoms with Crippen molar-refractivity contribution in [3.63, 3.8) is 0 Å². The van der Waals surface area contributed by atoms with Crippen molar-refractivity contribution >= 4 is 28.9 Å². The summed E-state index contributed by atoms with van der Waals surface area (Å²) in [5, 5.41) is 6.64. The summed E-state index contributed by atoms with van der Waals surface area (Å²) in [6.07, 6.45) is 0. The van der Waals surface area contributed by atoms with Crippen LogP contribution >= 0.6 is 11.6 Å². The number of amides is 1. The normalized spacial score (nSPS) is 10.3. The van der Waals surface area contributed by atoms with E-state index in [-0.39, 0.29) is 12.5 Å². The molecule has 0 aliphatic carbocycles. The van der Waals surface area contributed by atoms with Crippen molar-refractivity contribution < 1.29 is 9.53 Å². The third kappa shape index (κ3) is 4.17. The van der Waals surface area contributed by atoms with Crippen LogP contribution < -0.4 is 15.4 Å². The molecule has 2 aromatic carbocycles. The molecule has 0 aromatic heterocycles. The molecule has 0 radical (unpaired) electrons. The second-order valence-corrected chi connectivity index (χ2v) is 5.88. The Morgan fingerprint density at radius 3 is 2.39 bits per heavy atom. The number of carbonyl (C=O) groups is 1. The molecule has 122 valence electrons. The highest BCUT2D eigenvalue weighted by atomic mass is 35.5. The summed E-state index contributed by atoms with van der Waals surface area (Å²) in [7, 11) is 1.55. The second kappa shape index (κ2) is 7.38. The van der Waals surface area contributed by atoms with Gasteiger partial charge in [0.1, 0.15) is 5.75 Å². The number of halogens is 1. The van der Waals surface area contributed by atoms with E-state index in [1.165, 1.54) is 0 Å². The third-order valence-electron chi connectivity index (χ3n) is 3.66. The van der Waals surface area contributed by atoms with E-state index in [0.29, 0.717) is 16.5 Å². The Hall–Kier alpha value is -2.20. The lowest BCUT2D eigenvalue weighted by molar-refractivity contribution is -0.114. The van der Waals surface area contributed by atoms with E-state index >= 15 is 0 Å². The first-order valence-corrected chi connectivity index (χ1v) is 7.74. The minimum Gasteiger partial charge on any atom is -0.495 e. The number of methoxy groups -OCH3 is 1. The van der Waals surface area contributed by atoms with Gasteiger partial charge >= 0.3 is 0 Å². The van der Waals surface area contributed by atoms with E-state index in [2.05, 4.69) is 10.6 Å². The van der Waals surface area contributed by atoms with Crippen molar-refractivity contribution in [1.29, 1.82) is 0 Å². The van der Waals surface area contributed by atoms with Crippen LogP contribution in [-0.2, 0) is 4.79 Å². The monoisotopic (exact) mass is 332 g/mol. The lowest BCUT2D eigenvalue weighted by Crippen LogP contribution is -2.22. The minimum absolute atomic E-state index is 0.146. The Morgan fingerprint density at radius 2 is 1.78 bits per heavy atom. The molecular weight excluding hydrogens is 312 g/mol. The SMILES string of the molecule is COc1cc(Cl)c(C)cc1NC(=O)CNc1c(C)cccc1C. The van der Waals surface area contributed by atoms with Gasteiger partial charge in [0.15, 0.2) is 0 Å². The Morgan fingerprint density at radius 1 is 1.13 bits per heavy atom. The molecule has 0 bridgehead atoms. The lowest BCUT2D eigenvalue weighted by atomic mass is 10.1. The largest absolute Gasteiger partial charge is 0.495 e. The highest BCUT2D eigenvalue weighted by Crippen LogP contribution is 2.30. The van der Waals surface area contributed by atoms with Gasteiger partial charge in [-0.2, -0.15) is 0 Å². The number of benzene rings is 2. The Kier molecular flexibility index (Phi) is 5.50. The number of anilines is 2. The van der Waals surface area contributed by atoms with E-state index in [1.54, 1.807) is 19.2 Å². The van der Waals surface area contributed by atoms with Gasteiger partial charge in [0.25, 0.3) is 0 Å². The molecule has 0 fully saturated rings. The number of nitrogens with one attached hydrogen (secondary N) is 2. The van der Waals surface area contributed by atoms with Crippen molar-refractivity contribution in [2.45, 2.75) is 20.8 Å². The maximum atomic E-state index is 12.2. The molecule has 0 saturated carbocycles. The predicted molar refractivity (Wildman–Crippen MR) is 95.8 cm³/mol. The zero-order valence-electron chi connectivity index (χ0n) is 13.8. The van der Waals surface area contributed by atoms with Crippen LogP contribution in [-0.4, -0.2) is 19.6 Å². The number of hydrogen-bond acceptors (Lipinski definition) is 3. The standard InChI is InChI=1S/C18H21ClN2O2/c1-11-6-5-7-12(2)18(11)20-10-17(22)21-15-8-13(3)14(19)9-16(15)23-4/h5-9,20H,10H2,1-4H3,(H,21,22). The highest BCUT2D eigenvalue weighted by molar-refractivity contribution is 6.31. The van der Waals surface area contributed by atoms with Crippen LogP contribution in [0.15, 0.2) is 30.3 Å². The summed E-state index contributed by atoms with van der Waals surface area (Å²) in [5.74, 6) is 0.397. The van der Waals surface area contributed by atoms with Crippen LogP contribution in [0.3, 0.4) is 0 Å². The molecule has 2 rings (SSSR count). The lowest BCUT2D eigenvalue weighted by Gasteiger charge is -2.14. The molecule has 0 heterocycles. The molecule has 2 aromatic rings. The van der Waals surface area contributed by atoms with E-state index in [4.69, 9.17) is 16.3 Å². The average Bonchev–Trinajstić information content (AvgIpc) is 2.50. The second-order valence-electron chi connectivity index (χ2n) is 5.47. The number of aryl methyl sites for hydroxylation is 3. The molecule has 4 nitrogen and oxygen atoms in total. The van der Waals surface area contributed by atoms with Crippen LogP contribution in [0.25, 0.3) is 0 Å². The quantitative estimate of drug-likeness (QED) is 0.857. The maximum absolute atomic E-state index is 12.2. The Balaban J connectivity index is 2.07. The molecule has 0 unspecified atom stereocenters. The molecule has 5 heteroatoms. The smallest absolute Gasteiger partial charge is 0.243 e. The summed E-state index contributed by atoms with van der Waals surface area (Å²) in [6, 6.07) is 9.53. The summed E-state index contributed by atoms with van der Waals surface area (Å²) in [4.78, 5) is 12.2. The molecule has 1 amide bonds. The van der Waals surface area contributed by atoms with Crippen LogP contribution in [0.2, 0.25) is 5.02 Å². The van der Waals surface area contributed by atoms with Crippen molar-refractivity contribution in [2.75, 3.05) is 24.3 Å². The Labute approximate surface area is 141 Å². The van der Waals surface area contributed by atoms with Crippen LogP contribution in [0.5, 0.6) is 5.75 Å². The molecule has 2 N–H and O–H groups in total. The zero-order valence-corrected chi connectivity index (χ0v) is 14.5. The first kappa shape index (κ1) is 17.2. The molecule has 0 aliphatic heterocycles. The van der Waals surface area contributed by atoms with E-state index in [1.807, 2.05) is 39.0 Å². The maximum Gasteiger partial charge on any atom is 0.243 e. The van der Waals surface area contributed by atoms with Gasteiger partial charge in [-0.25, -0.2) is 0 Å². The van der Waals surface area contributed by atoms with E-state index in [0.717, 1.165) is 22.4 Å². The fourth-order valence-electron chi connectivity index (χ4n) is 2.39. The molecule has 0 atom stereocenters. The summed E-state index contributed by atoms with van der Waals surface area (Å²) in [5.41, 5.74) is 4.70. The predicted octanol–water partition coefficient (Wildman–Crippen LogP) is 4.32. The van der Waals surface area contributed by atoms with Crippen LogP contribution in [0.4, 0.5) is 11.4 Å². The Bertz CT molecular complexity index is 709. The van der Waals surface area contributed by atoms with Gasteiger partial charge < -0.3 is 15.4 Å². The molecule has 23 heavy (non-hydrogen) atoms. The molecule has 0 aliphatic rings. The number of hydrogen-bond donors (Lipinski definition) is 2. The topological polar surface area (TPSA) is 50.4 Å².